The Bertz CT molecular complexity index is 443. The molecule has 0 fully saturated rings. The minimum atomic E-state index is -0.981. The largest absolute Gasteiger partial charge is 0.476 e. The van der Waals surface area contributed by atoms with Crippen LogP contribution in [-0.4, -0.2) is 20.5 Å². The van der Waals surface area contributed by atoms with Crippen molar-refractivity contribution in [3.8, 4) is 0 Å². The van der Waals surface area contributed by atoms with Gasteiger partial charge in [0, 0.05) is 17.3 Å². The standard InChI is InChI=1S/C7H6N2O2S/c1-4-3-12-7-8-5(6(10)11)2-9(4)7/h2-3H,1H3,(H,10,11). The van der Waals surface area contributed by atoms with Gasteiger partial charge in [-0.2, -0.15) is 0 Å². The molecule has 62 valence electrons. The molecule has 0 unspecified atom stereocenters. The van der Waals surface area contributed by atoms with Crippen molar-refractivity contribution in [2.75, 3.05) is 0 Å². The average molecular weight is 182 g/mol. The summed E-state index contributed by atoms with van der Waals surface area (Å²) >= 11 is 1.44. The molecule has 0 saturated carbocycles. The molecule has 5 heteroatoms. The average Bonchev–Trinajstić information content (AvgIpc) is 2.53. The number of carboxylic acid groups (broad SMARTS) is 1. The number of fused-ring (bicyclic) bond motifs is 1. The smallest absolute Gasteiger partial charge is 0.356 e. The van der Waals surface area contributed by atoms with Crippen LogP contribution >= 0.6 is 11.3 Å². The summed E-state index contributed by atoms with van der Waals surface area (Å²) < 4.78 is 1.77. The maximum absolute atomic E-state index is 10.5. The first-order chi connectivity index (χ1) is 5.68. The van der Waals surface area contributed by atoms with Gasteiger partial charge in [0.1, 0.15) is 0 Å². The number of aryl methyl sites for hydroxylation is 1. The van der Waals surface area contributed by atoms with Gasteiger partial charge >= 0.3 is 5.97 Å². The number of thiazole rings is 1. The summed E-state index contributed by atoms with van der Waals surface area (Å²) in [6.07, 6.45) is 1.53. The fourth-order valence-electron chi connectivity index (χ4n) is 0.997. The predicted molar refractivity (Wildman–Crippen MR) is 44.8 cm³/mol. The van der Waals surface area contributed by atoms with Gasteiger partial charge in [-0.05, 0) is 6.92 Å². The molecule has 2 rings (SSSR count). The van der Waals surface area contributed by atoms with Gasteiger partial charge in [-0.15, -0.1) is 11.3 Å². The van der Waals surface area contributed by atoms with Crippen LogP contribution in [0.5, 0.6) is 0 Å². The Kier molecular flexibility index (Phi) is 1.41. The second-order valence-electron chi connectivity index (χ2n) is 2.46. The molecule has 0 radical (unpaired) electrons. The second kappa shape index (κ2) is 2.31. The van der Waals surface area contributed by atoms with Gasteiger partial charge in [0.2, 0.25) is 0 Å². The van der Waals surface area contributed by atoms with Gasteiger partial charge in [0.25, 0.3) is 0 Å². The van der Waals surface area contributed by atoms with Gasteiger partial charge in [-0.25, -0.2) is 9.78 Å². The highest BCUT2D eigenvalue weighted by molar-refractivity contribution is 7.15. The van der Waals surface area contributed by atoms with Gasteiger partial charge in [-0.1, -0.05) is 0 Å². The molecule has 0 saturated heterocycles. The lowest BCUT2D eigenvalue weighted by Gasteiger charge is -1.84. The van der Waals surface area contributed by atoms with E-state index >= 15 is 0 Å². The molecule has 0 bridgehead atoms. The predicted octanol–water partition coefficient (Wildman–Crippen LogP) is 1.40. The Morgan fingerprint density at radius 3 is 3.08 bits per heavy atom. The SMILES string of the molecule is Cc1csc2nc(C(=O)O)cn12. The van der Waals surface area contributed by atoms with Crippen LogP contribution in [0.4, 0.5) is 0 Å². The van der Waals surface area contributed by atoms with Gasteiger partial charge in [-0.3, -0.25) is 4.40 Å². The van der Waals surface area contributed by atoms with E-state index in [0.29, 0.717) is 0 Å². The third-order valence-corrected chi connectivity index (χ3v) is 2.57. The first kappa shape index (κ1) is 7.30. The summed E-state index contributed by atoms with van der Waals surface area (Å²) in [6, 6.07) is 0. The number of aromatic carboxylic acids is 1. The maximum Gasteiger partial charge on any atom is 0.356 e. The summed E-state index contributed by atoms with van der Waals surface area (Å²) in [4.78, 5) is 15.2. The highest BCUT2D eigenvalue weighted by Gasteiger charge is 2.10. The van der Waals surface area contributed by atoms with Crippen molar-refractivity contribution in [1.82, 2.24) is 9.38 Å². The summed E-state index contributed by atoms with van der Waals surface area (Å²) in [5.41, 5.74) is 1.11. The van der Waals surface area contributed by atoms with Crippen LogP contribution < -0.4 is 0 Å². The molecule has 0 amide bonds. The number of imidazole rings is 1. The van der Waals surface area contributed by atoms with Crippen molar-refractivity contribution < 1.29 is 9.90 Å². The number of aromatic nitrogens is 2. The van der Waals surface area contributed by atoms with E-state index in [1.165, 1.54) is 17.5 Å². The molecular formula is C7H6N2O2S. The third kappa shape index (κ3) is 0.902. The van der Waals surface area contributed by atoms with E-state index < -0.39 is 5.97 Å². The van der Waals surface area contributed by atoms with Crippen molar-refractivity contribution in [1.29, 1.82) is 0 Å². The Balaban J connectivity index is 2.70. The summed E-state index contributed by atoms with van der Waals surface area (Å²) in [6.45, 7) is 1.91. The lowest BCUT2D eigenvalue weighted by molar-refractivity contribution is 0.0691. The first-order valence-corrected chi connectivity index (χ1v) is 4.23. The monoisotopic (exact) mass is 182 g/mol. The number of hydrogen-bond donors (Lipinski definition) is 1. The molecule has 0 atom stereocenters. The fraction of sp³-hybridized carbons (Fsp3) is 0.143. The lowest BCUT2D eigenvalue weighted by Crippen LogP contribution is -1.95. The third-order valence-electron chi connectivity index (χ3n) is 1.61. The molecule has 4 nitrogen and oxygen atoms in total. The Labute approximate surface area is 72.1 Å². The lowest BCUT2D eigenvalue weighted by atomic mass is 10.5. The molecule has 2 aromatic heterocycles. The first-order valence-electron chi connectivity index (χ1n) is 3.35. The normalized spacial score (nSPS) is 10.8. The van der Waals surface area contributed by atoms with Crippen LogP contribution in [0.15, 0.2) is 11.6 Å². The number of carbonyl (C=O) groups is 1. The molecular weight excluding hydrogens is 176 g/mol. The zero-order valence-electron chi connectivity index (χ0n) is 6.31. The van der Waals surface area contributed by atoms with E-state index in [9.17, 15) is 4.79 Å². The number of nitrogens with zero attached hydrogens (tertiary/aromatic N) is 2. The van der Waals surface area contributed by atoms with E-state index in [1.54, 1.807) is 4.40 Å². The van der Waals surface area contributed by atoms with Crippen LogP contribution in [0, 0.1) is 6.92 Å². The van der Waals surface area contributed by atoms with Crippen LogP contribution in [-0.2, 0) is 0 Å². The number of hydrogen-bond acceptors (Lipinski definition) is 3. The van der Waals surface area contributed by atoms with Crippen LogP contribution in [0.1, 0.15) is 16.2 Å². The Hall–Kier alpha value is -1.36. The van der Waals surface area contributed by atoms with Crippen LogP contribution in [0.3, 0.4) is 0 Å². The highest BCUT2D eigenvalue weighted by Crippen LogP contribution is 2.15. The van der Waals surface area contributed by atoms with E-state index in [0.717, 1.165) is 10.7 Å². The van der Waals surface area contributed by atoms with Crippen LogP contribution in [0.2, 0.25) is 0 Å². The minimum absolute atomic E-state index is 0.102. The molecule has 2 aromatic rings. The highest BCUT2D eigenvalue weighted by atomic mass is 32.1. The fourth-order valence-corrected chi connectivity index (χ4v) is 1.85. The number of rotatable bonds is 1. The molecule has 2 heterocycles. The van der Waals surface area contributed by atoms with Gasteiger partial charge in [0.15, 0.2) is 10.7 Å². The van der Waals surface area contributed by atoms with Crippen molar-refractivity contribution in [2.24, 2.45) is 0 Å². The minimum Gasteiger partial charge on any atom is -0.476 e. The Morgan fingerprint density at radius 1 is 1.75 bits per heavy atom. The zero-order chi connectivity index (χ0) is 8.72. The summed E-state index contributed by atoms with van der Waals surface area (Å²) in [7, 11) is 0. The van der Waals surface area contributed by atoms with E-state index in [-0.39, 0.29) is 5.69 Å². The van der Waals surface area contributed by atoms with Crippen molar-refractivity contribution in [2.45, 2.75) is 6.92 Å². The molecule has 1 N–H and O–H groups in total. The second-order valence-corrected chi connectivity index (χ2v) is 3.30. The maximum atomic E-state index is 10.5. The van der Waals surface area contributed by atoms with Crippen molar-refractivity contribution >= 4 is 22.3 Å². The molecule has 12 heavy (non-hydrogen) atoms. The molecule has 0 aliphatic heterocycles. The van der Waals surface area contributed by atoms with E-state index in [1.807, 2.05) is 12.3 Å². The van der Waals surface area contributed by atoms with Crippen molar-refractivity contribution in [3.05, 3.63) is 23.0 Å². The zero-order valence-corrected chi connectivity index (χ0v) is 7.13. The van der Waals surface area contributed by atoms with E-state index in [2.05, 4.69) is 4.98 Å². The summed E-state index contributed by atoms with van der Waals surface area (Å²) in [5.74, 6) is -0.981. The summed E-state index contributed by atoms with van der Waals surface area (Å²) in [5, 5.41) is 10.6. The molecule has 0 spiro atoms. The quantitative estimate of drug-likeness (QED) is 0.725. The van der Waals surface area contributed by atoms with Crippen molar-refractivity contribution in [3.63, 3.8) is 0 Å². The van der Waals surface area contributed by atoms with Crippen LogP contribution in [0.25, 0.3) is 4.96 Å². The van der Waals surface area contributed by atoms with Gasteiger partial charge < -0.3 is 5.11 Å². The molecule has 0 aromatic carbocycles. The van der Waals surface area contributed by atoms with Gasteiger partial charge in [0.05, 0.1) is 0 Å². The molecule has 0 aliphatic carbocycles. The number of carboxylic acids is 1. The Morgan fingerprint density at radius 2 is 2.50 bits per heavy atom. The topological polar surface area (TPSA) is 54.6 Å². The van der Waals surface area contributed by atoms with E-state index in [4.69, 9.17) is 5.11 Å². The molecule has 0 aliphatic rings.